The number of nitrogens with one attached hydrogen (secondary N) is 2. The number of carbonyl (C=O) groups excluding carboxylic acids is 1. The first-order valence-electron chi connectivity index (χ1n) is 6.63. The molecule has 0 unspecified atom stereocenters. The van der Waals surface area contributed by atoms with Crippen molar-refractivity contribution >= 4 is 6.03 Å². The summed E-state index contributed by atoms with van der Waals surface area (Å²) in [6, 6.07) is 5.35. The molecule has 0 radical (unpaired) electrons. The summed E-state index contributed by atoms with van der Waals surface area (Å²) in [5.74, 6) is 1.47. The smallest absolute Gasteiger partial charge is 0.315 e. The zero-order valence-electron chi connectivity index (χ0n) is 11.8. The molecule has 1 heterocycles. The highest BCUT2D eigenvalue weighted by Crippen LogP contribution is 2.32. The number of hydrogen-bond acceptors (Lipinski definition) is 4. The molecular weight excluding hydrogens is 260 g/mol. The fourth-order valence-electron chi connectivity index (χ4n) is 1.93. The summed E-state index contributed by atoms with van der Waals surface area (Å²) >= 11 is 0. The summed E-state index contributed by atoms with van der Waals surface area (Å²) < 4.78 is 15.9. The van der Waals surface area contributed by atoms with Crippen molar-refractivity contribution in [3.05, 3.63) is 23.8 Å². The minimum Gasteiger partial charge on any atom is -0.486 e. The fourth-order valence-corrected chi connectivity index (χ4v) is 1.93. The lowest BCUT2D eigenvalue weighted by Crippen LogP contribution is -2.38. The molecule has 20 heavy (non-hydrogen) atoms. The number of rotatable bonds is 5. The highest BCUT2D eigenvalue weighted by atomic mass is 16.6. The van der Waals surface area contributed by atoms with Gasteiger partial charge in [0.05, 0.1) is 12.6 Å². The van der Waals surface area contributed by atoms with Gasteiger partial charge in [0.15, 0.2) is 11.5 Å². The molecule has 0 spiro atoms. The minimum atomic E-state index is -0.218. The standard InChI is InChI=1S/C14H20N2O4/c1-10(16-14(17)15-5-6-18-2)11-3-4-12-13(9-11)20-8-7-19-12/h3-4,9-10H,5-8H2,1-2H3,(H2,15,16,17)/t10-/m0/s1. The average molecular weight is 280 g/mol. The molecule has 0 aliphatic carbocycles. The van der Waals surface area contributed by atoms with Crippen LogP contribution in [0.25, 0.3) is 0 Å². The first kappa shape index (κ1) is 14.5. The Morgan fingerprint density at radius 2 is 2.10 bits per heavy atom. The van der Waals surface area contributed by atoms with E-state index in [1.165, 1.54) is 0 Å². The van der Waals surface area contributed by atoms with Crippen LogP contribution in [0.4, 0.5) is 4.79 Å². The Morgan fingerprint density at radius 1 is 1.35 bits per heavy atom. The lowest BCUT2D eigenvalue weighted by atomic mass is 10.1. The van der Waals surface area contributed by atoms with Gasteiger partial charge in [-0.1, -0.05) is 6.07 Å². The van der Waals surface area contributed by atoms with Gasteiger partial charge in [-0.25, -0.2) is 4.79 Å². The van der Waals surface area contributed by atoms with Gasteiger partial charge in [-0.15, -0.1) is 0 Å². The Hall–Kier alpha value is -1.95. The van der Waals surface area contributed by atoms with Crippen molar-refractivity contribution in [2.45, 2.75) is 13.0 Å². The predicted octanol–water partition coefficient (Wildman–Crippen LogP) is 1.46. The largest absolute Gasteiger partial charge is 0.486 e. The van der Waals surface area contributed by atoms with E-state index in [2.05, 4.69) is 10.6 Å². The second-order valence-corrected chi connectivity index (χ2v) is 4.52. The van der Waals surface area contributed by atoms with E-state index in [1.807, 2.05) is 25.1 Å². The molecular formula is C14H20N2O4. The summed E-state index contributed by atoms with van der Waals surface area (Å²) in [7, 11) is 1.59. The van der Waals surface area contributed by atoms with E-state index in [0.29, 0.717) is 26.4 Å². The Bertz CT molecular complexity index is 464. The van der Waals surface area contributed by atoms with Crippen LogP contribution in [-0.2, 0) is 4.74 Å². The Morgan fingerprint density at radius 3 is 2.85 bits per heavy atom. The lowest BCUT2D eigenvalue weighted by molar-refractivity contribution is 0.171. The molecule has 1 aromatic carbocycles. The van der Waals surface area contributed by atoms with Gasteiger partial charge >= 0.3 is 6.03 Å². The molecule has 0 aromatic heterocycles. The first-order valence-corrected chi connectivity index (χ1v) is 6.63. The molecule has 1 aliphatic heterocycles. The molecule has 110 valence electrons. The minimum absolute atomic E-state index is 0.117. The summed E-state index contributed by atoms with van der Waals surface area (Å²) in [5, 5.41) is 5.58. The van der Waals surface area contributed by atoms with Crippen LogP contribution in [-0.4, -0.2) is 39.5 Å². The van der Waals surface area contributed by atoms with Gasteiger partial charge in [0.1, 0.15) is 13.2 Å². The van der Waals surface area contributed by atoms with Crippen molar-refractivity contribution in [3.63, 3.8) is 0 Å². The maximum Gasteiger partial charge on any atom is 0.315 e. The van der Waals surface area contributed by atoms with Gasteiger partial charge in [0, 0.05) is 13.7 Å². The molecule has 2 rings (SSSR count). The number of amides is 2. The Kier molecular flexibility index (Phi) is 5.06. The molecule has 6 nitrogen and oxygen atoms in total. The van der Waals surface area contributed by atoms with Crippen LogP contribution < -0.4 is 20.1 Å². The van der Waals surface area contributed by atoms with Gasteiger partial charge in [0.2, 0.25) is 0 Å². The summed E-state index contributed by atoms with van der Waals surface area (Å²) in [6.45, 7) is 4.02. The van der Waals surface area contributed by atoms with Gasteiger partial charge in [-0.05, 0) is 24.6 Å². The normalized spacial score (nSPS) is 14.5. The van der Waals surface area contributed by atoms with Gasteiger partial charge in [-0.3, -0.25) is 0 Å². The van der Waals surface area contributed by atoms with E-state index in [4.69, 9.17) is 14.2 Å². The lowest BCUT2D eigenvalue weighted by Gasteiger charge is -2.21. The number of carbonyl (C=O) groups is 1. The third kappa shape index (κ3) is 3.77. The van der Waals surface area contributed by atoms with Gasteiger partial charge < -0.3 is 24.8 Å². The van der Waals surface area contributed by atoms with Crippen molar-refractivity contribution < 1.29 is 19.0 Å². The Labute approximate surface area is 118 Å². The number of fused-ring (bicyclic) bond motifs is 1. The van der Waals surface area contributed by atoms with Crippen LogP contribution in [0.5, 0.6) is 11.5 Å². The maximum absolute atomic E-state index is 11.7. The van der Waals surface area contributed by atoms with Crippen LogP contribution in [0.1, 0.15) is 18.5 Å². The number of ether oxygens (including phenoxy) is 3. The quantitative estimate of drug-likeness (QED) is 0.801. The van der Waals surface area contributed by atoms with Crippen molar-refractivity contribution in [1.29, 1.82) is 0 Å². The fraction of sp³-hybridized carbons (Fsp3) is 0.500. The average Bonchev–Trinajstić information content (AvgIpc) is 2.47. The van der Waals surface area contributed by atoms with Gasteiger partial charge in [-0.2, -0.15) is 0 Å². The number of hydrogen-bond donors (Lipinski definition) is 2. The van der Waals surface area contributed by atoms with Crippen molar-refractivity contribution in [3.8, 4) is 11.5 Å². The SMILES string of the molecule is COCCNC(=O)N[C@@H](C)c1ccc2c(c1)OCCO2. The van der Waals surface area contributed by atoms with Crippen molar-refractivity contribution in [1.82, 2.24) is 10.6 Å². The molecule has 0 fully saturated rings. The summed E-state index contributed by atoms with van der Waals surface area (Å²) in [6.07, 6.45) is 0. The highest BCUT2D eigenvalue weighted by Gasteiger charge is 2.15. The molecule has 0 bridgehead atoms. The van der Waals surface area contributed by atoms with E-state index in [9.17, 15) is 4.79 Å². The second-order valence-electron chi connectivity index (χ2n) is 4.52. The monoisotopic (exact) mass is 280 g/mol. The Balaban J connectivity index is 1.91. The third-order valence-corrected chi connectivity index (χ3v) is 3.01. The predicted molar refractivity (Wildman–Crippen MR) is 74.3 cm³/mol. The number of benzene rings is 1. The van der Waals surface area contributed by atoms with Gasteiger partial charge in [0.25, 0.3) is 0 Å². The number of urea groups is 1. The van der Waals surface area contributed by atoms with E-state index in [-0.39, 0.29) is 12.1 Å². The molecule has 2 amide bonds. The van der Waals surface area contributed by atoms with E-state index in [1.54, 1.807) is 7.11 Å². The third-order valence-electron chi connectivity index (χ3n) is 3.01. The number of methoxy groups -OCH3 is 1. The zero-order chi connectivity index (χ0) is 14.4. The molecule has 1 aromatic rings. The molecule has 0 saturated carbocycles. The van der Waals surface area contributed by atoms with Crippen LogP contribution in [0.15, 0.2) is 18.2 Å². The maximum atomic E-state index is 11.7. The van der Waals surface area contributed by atoms with Crippen molar-refractivity contribution in [2.75, 3.05) is 33.5 Å². The second kappa shape index (κ2) is 7.00. The van der Waals surface area contributed by atoms with E-state index >= 15 is 0 Å². The molecule has 0 saturated heterocycles. The van der Waals surface area contributed by atoms with Crippen LogP contribution in [0, 0.1) is 0 Å². The zero-order valence-corrected chi connectivity index (χ0v) is 11.8. The van der Waals surface area contributed by atoms with E-state index in [0.717, 1.165) is 17.1 Å². The molecule has 1 aliphatic rings. The van der Waals surface area contributed by atoms with Crippen molar-refractivity contribution in [2.24, 2.45) is 0 Å². The molecule has 2 N–H and O–H groups in total. The molecule has 1 atom stereocenters. The first-order chi connectivity index (χ1) is 9.70. The van der Waals surface area contributed by atoms with E-state index < -0.39 is 0 Å². The molecule has 6 heteroatoms. The topological polar surface area (TPSA) is 68.8 Å². The summed E-state index contributed by atoms with van der Waals surface area (Å²) in [4.78, 5) is 11.7. The van der Waals surface area contributed by atoms with Crippen LogP contribution in [0.3, 0.4) is 0 Å². The summed E-state index contributed by atoms with van der Waals surface area (Å²) in [5.41, 5.74) is 0.969. The highest BCUT2D eigenvalue weighted by molar-refractivity contribution is 5.74. The van der Waals surface area contributed by atoms with Crippen LogP contribution >= 0.6 is 0 Å². The van der Waals surface area contributed by atoms with Crippen LogP contribution in [0.2, 0.25) is 0 Å².